The number of sulfone groups is 1. The number of H-pyrrole nitrogens is 1. The highest BCUT2D eigenvalue weighted by Gasteiger charge is 2.35. The van der Waals surface area contributed by atoms with Crippen LogP contribution in [0.1, 0.15) is 45.1 Å². The zero-order valence-corrected chi connectivity index (χ0v) is 20.7. The summed E-state index contributed by atoms with van der Waals surface area (Å²) in [5.41, 5.74) is 2.51. The summed E-state index contributed by atoms with van der Waals surface area (Å²) in [5, 5.41) is 0.843. The van der Waals surface area contributed by atoms with Crippen LogP contribution in [0, 0.1) is 11.8 Å². The van der Waals surface area contributed by atoms with Gasteiger partial charge in [-0.3, -0.25) is 4.90 Å². The second-order valence-electron chi connectivity index (χ2n) is 9.35. The topological polar surface area (TPSA) is 53.2 Å². The normalized spacial score (nSPS) is 18.5. The molecule has 1 fully saturated rings. The maximum atomic E-state index is 13.6. The van der Waals surface area contributed by atoms with Crippen molar-refractivity contribution < 1.29 is 8.42 Å². The number of halogens is 1. The van der Waals surface area contributed by atoms with Crippen LogP contribution < -0.4 is 0 Å². The molecule has 4 nitrogen and oxygen atoms in total. The molecule has 1 aliphatic rings. The number of nitrogens with zero attached hydrogens (tertiary/aromatic N) is 1. The van der Waals surface area contributed by atoms with Gasteiger partial charge in [0.05, 0.1) is 4.90 Å². The smallest absolute Gasteiger partial charge is 0.194 e. The van der Waals surface area contributed by atoms with Gasteiger partial charge in [-0.25, -0.2) is 8.42 Å². The van der Waals surface area contributed by atoms with Gasteiger partial charge in [-0.05, 0) is 74.2 Å². The van der Waals surface area contributed by atoms with Crippen molar-refractivity contribution in [2.24, 2.45) is 11.8 Å². The molecule has 0 saturated carbocycles. The monoisotopic (exact) mass is 474 g/mol. The predicted octanol–water partition coefficient (Wildman–Crippen LogP) is 6.08. The Labute approximate surface area is 198 Å². The minimum atomic E-state index is -3.40. The van der Waals surface area contributed by atoms with Crippen molar-refractivity contribution >= 4 is 33.1 Å². The number of fused-ring (bicyclic) bond motifs is 1. The third kappa shape index (κ3) is 5.56. The zero-order chi connectivity index (χ0) is 21.8. The van der Waals surface area contributed by atoms with E-state index in [4.69, 9.17) is 0 Å². The van der Waals surface area contributed by atoms with Crippen LogP contribution >= 0.6 is 12.4 Å². The molecule has 1 aromatic heterocycles. The molecule has 1 saturated heterocycles. The molecule has 0 radical (unpaired) electrons. The third-order valence-electron chi connectivity index (χ3n) is 6.56. The molecule has 2 unspecified atom stereocenters. The number of aromatic nitrogens is 1. The zero-order valence-electron chi connectivity index (χ0n) is 19.0. The Morgan fingerprint density at radius 2 is 1.75 bits per heavy atom. The van der Waals surface area contributed by atoms with Gasteiger partial charge in [0.1, 0.15) is 5.37 Å². The fraction of sp³-hybridized carbons (Fsp3) is 0.462. The van der Waals surface area contributed by atoms with Crippen molar-refractivity contribution in [1.82, 2.24) is 9.88 Å². The number of piperidine rings is 1. The minimum absolute atomic E-state index is 0. The first-order valence-corrected chi connectivity index (χ1v) is 13.1. The Bertz CT molecular complexity index is 1100. The Morgan fingerprint density at radius 3 is 2.50 bits per heavy atom. The van der Waals surface area contributed by atoms with E-state index in [-0.39, 0.29) is 12.4 Å². The second-order valence-corrected chi connectivity index (χ2v) is 11.5. The summed E-state index contributed by atoms with van der Waals surface area (Å²) < 4.78 is 27.2. The molecule has 2 heterocycles. The summed E-state index contributed by atoms with van der Waals surface area (Å²) in [6.07, 6.45) is 6.92. The summed E-state index contributed by atoms with van der Waals surface area (Å²) >= 11 is 0. The predicted molar refractivity (Wildman–Crippen MR) is 135 cm³/mol. The van der Waals surface area contributed by atoms with Crippen molar-refractivity contribution in [3.8, 4) is 0 Å². The molecule has 4 rings (SSSR count). The fourth-order valence-corrected chi connectivity index (χ4v) is 6.80. The largest absolute Gasteiger partial charge is 0.361 e. The lowest BCUT2D eigenvalue weighted by molar-refractivity contribution is 0.149. The fourth-order valence-electron chi connectivity index (χ4n) is 4.91. The Morgan fingerprint density at radius 1 is 1.03 bits per heavy atom. The first kappa shape index (κ1) is 24.8. The van der Waals surface area contributed by atoms with Crippen LogP contribution in [0.3, 0.4) is 0 Å². The molecule has 3 aromatic rings. The van der Waals surface area contributed by atoms with Crippen LogP contribution in [0.5, 0.6) is 0 Å². The van der Waals surface area contributed by atoms with Gasteiger partial charge in [-0.1, -0.05) is 50.2 Å². The van der Waals surface area contributed by atoms with Gasteiger partial charge in [0.25, 0.3) is 0 Å². The van der Waals surface area contributed by atoms with Gasteiger partial charge in [0, 0.05) is 23.6 Å². The van der Waals surface area contributed by atoms with Crippen molar-refractivity contribution in [1.29, 1.82) is 0 Å². The molecular weight excluding hydrogens is 440 g/mol. The first-order chi connectivity index (χ1) is 14.9. The highest BCUT2D eigenvalue weighted by molar-refractivity contribution is 7.92. The molecule has 2 aromatic carbocycles. The van der Waals surface area contributed by atoms with Crippen molar-refractivity contribution in [3.05, 3.63) is 66.4 Å². The van der Waals surface area contributed by atoms with Gasteiger partial charge in [-0.15, -0.1) is 12.4 Å². The minimum Gasteiger partial charge on any atom is -0.361 e. The highest BCUT2D eigenvalue weighted by atomic mass is 35.5. The molecule has 1 N–H and O–H groups in total. The van der Waals surface area contributed by atoms with E-state index in [1.54, 1.807) is 12.1 Å². The van der Waals surface area contributed by atoms with Crippen LogP contribution in [0.15, 0.2) is 65.7 Å². The quantitative estimate of drug-likeness (QED) is 0.430. The van der Waals surface area contributed by atoms with Crippen molar-refractivity contribution in [2.75, 3.05) is 13.1 Å². The summed E-state index contributed by atoms with van der Waals surface area (Å²) in [6, 6.07) is 17.4. The molecular formula is C26H35ClN2O2S. The number of para-hydroxylation sites is 1. The second kappa shape index (κ2) is 10.9. The number of hydrogen-bond acceptors (Lipinski definition) is 3. The Kier molecular flexibility index (Phi) is 8.43. The van der Waals surface area contributed by atoms with Gasteiger partial charge in [-0.2, -0.15) is 0 Å². The summed E-state index contributed by atoms with van der Waals surface area (Å²) in [5.74, 6) is 0.959. The Balaban J connectivity index is 0.00000289. The van der Waals surface area contributed by atoms with E-state index in [1.807, 2.05) is 18.2 Å². The van der Waals surface area contributed by atoms with Gasteiger partial charge in [0.2, 0.25) is 0 Å². The molecule has 0 aliphatic carbocycles. The SMILES string of the molecule is CC(C)CCC(N1CCCC(Cc2c[nH]c3ccccc23)C1)S(=O)(=O)c1ccccc1.Cl. The molecule has 2 atom stereocenters. The van der Waals surface area contributed by atoms with Crippen LogP contribution in [0.4, 0.5) is 0 Å². The number of hydrogen-bond donors (Lipinski definition) is 1. The summed E-state index contributed by atoms with van der Waals surface area (Å²) in [7, 11) is -3.40. The maximum Gasteiger partial charge on any atom is 0.194 e. The lowest BCUT2D eigenvalue weighted by atomic mass is 9.91. The molecule has 0 bridgehead atoms. The average molecular weight is 475 g/mol. The highest BCUT2D eigenvalue weighted by Crippen LogP contribution is 2.31. The van der Waals surface area contributed by atoms with Crippen LogP contribution in [0.2, 0.25) is 0 Å². The lowest BCUT2D eigenvalue weighted by Crippen LogP contribution is -2.47. The van der Waals surface area contributed by atoms with E-state index in [9.17, 15) is 8.42 Å². The summed E-state index contributed by atoms with van der Waals surface area (Å²) in [6.45, 7) is 6.04. The van der Waals surface area contributed by atoms with E-state index in [2.05, 4.69) is 54.2 Å². The number of benzene rings is 2. The van der Waals surface area contributed by atoms with E-state index < -0.39 is 15.2 Å². The maximum absolute atomic E-state index is 13.6. The van der Waals surface area contributed by atoms with E-state index in [1.165, 1.54) is 16.5 Å². The number of rotatable bonds is 8. The van der Waals surface area contributed by atoms with Crippen molar-refractivity contribution in [2.45, 2.75) is 56.2 Å². The average Bonchev–Trinajstić information content (AvgIpc) is 3.17. The van der Waals surface area contributed by atoms with Gasteiger partial charge >= 0.3 is 0 Å². The van der Waals surface area contributed by atoms with Crippen molar-refractivity contribution in [3.63, 3.8) is 0 Å². The number of nitrogens with one attached hydrogen (secondary N) is 1. The van der Waals surface area contributed by atoms with Crippen LogP contribution in [0.25, 0.3) is 10.9 Å². The summed E-state index contributed by atoms with van der Waals surface area (Å²) in [4.78, 5) is 6.09. The number of aromatic amines is 1. The molecule has 174 valence electrons. The van der Waals surface area contributed by atoms with Crippen LogP contribution in [-0.2, 0) is 16.3 Å². The Hall–Kier alpha value is -1.82. The van der Waals surface area contributed by atoms with Crippen LogP contribution in [-0.4, -0.2) is 36.8 Å². The number of likely N-dealkylation sites (tertiary alicyclic amines) is 1. The molecule has 6 heteroatoms. The molecule has 1 aliphatic heterocycles. The molecule has 32 heavy (non-hydrogen) atoms. The molecule has 0 amide bonds. The third-order valence-corrected chi connectivity index (χ3v) is 8.74. The van der Waals surface area contributed by atoms with Gasteiger partial charge < -0.3 is 4.98 Å². The van der Waals surface area contributed by atoms with Gasteiger partial charge in [0.15, 0.2) is 9.84 Å². The first-order valence-electron chi connectivity index (χ1n) is 11.5. The standard InChI is InChI=1S/C26H34N2O2S.ClH/c1-20(2)14-15-26(31(29,30)23-10-4-3-5-11-23)28-16-8-9-21(19-28)17-22-18-27-25-13-7-6-12-24(22)25;/h3-7,10-13,18,20-21,26-27H,8-9,14-17,19H2,1-2H3;1H. The lowest BCUT2D eigenvalue weighted by Gasteiger charge is -2.38. The van der Waals surface area contributed by atoms with E-state index >= 15 is 0 Å². The van der Waals surface area contributed by atoms with E-state index in [0.717, 1.165) is 38.8 Å². The molecule has 0 spiro atoms. The van der Waals surface area contributed by atoms with E-state index in [0.29, 0.717) is 23.2 Å².